The fourth-order valence-corrected chi connectivity index (χ4v) is 2.86. The molecule has 0 aliphatic rings. The summed E-state index contributed by atoms with van der Waals surface area (Å²) in [4.78, 5) is 23.1. The summed E-state index contributed by atoms with van der Waals surface area (Å²) < 4.78 is 5.64. The van der Waals surface area contributed by atoms with Gasteiger partial charge in [0.05, 0.1) is 18.0 Å². The zero-order valence-corrected chi connectivity index (χ0v) is 14.4. The Hall–Kier alpha value is -1.05. The van der Waals surface area contributed by atoms with Crippen LogP contribution in [0.4, 0.5) is 5.69 Å². The maximum Gasteiger partial charge on any atom is 0.323 e. The third-order valence-electron chi connectivity index (χ3n) is 2.52. The van der Waals surface area contributed by atoms with Gasteiger partial charge in [0.15, 0.2) is 0 Å². The Morgan fingerprint density at radius 1 is 1.48 bits per heavy atom. The lowest BCUT2D eigenvalue weighted by atomic mass is 10.2. The fourth-order valence-electron chi connectivity index (χ4n) is 1.50. The second kappa shape index (κ2) is 9.07. The van der Waals surface area contributed by atoms with Gasteiger partial charge in [-0.2, -0.15) is 0 Å². The van der Waals surface area contributed by atoms with Crippen molar-refractivity contribution in [1.29, 1.82) is 0 Å². The predicted octanol–water partition coefficient (Wildman–Crippen LogP) is 2.32. The van der Waals surface area contributed by atoms with Gasteiger partial charge in [0.25, 0.3) is 0 Å². The summed E-state index contributed by atoms with van der Waals surface area (Å²) >= 11 is 4.70. The van der Waals surface area contributed by atoms with E-state index >= 15 is 0 Å². The third-order valence-corrected chi connectivity index (χ3v) is 4.24. The van der Waals surface area contributed by atoms with Crippen molar-refractivity contribution in [2.45, 2.75) is 19.9 Å². The second-order valence-electron chi connectivity index (χ2n) is 4.41. The number of halogens is 1. The van der Waals surface area contributed by atoms with Crippen molar-refractivity contribution in [2.24, 2.45) is 5.73 Å². The second-order valence-corrected chi connectivity index (χ2v) is 6.29. The van der Waals surface area contributed by atoms with E-state index in [2.05, 4.69) is 21.2 Å². The van der Waals surface area contributed by atoms with Gasteiger partial charge in [-0.3, -0.25) is 9.59 Å². The summed E-state index contributed by atoms with van der Waals surface area (Å²) in [6, 6.07) is 4.99. The number of esters is 1. The van der Waals surface area contributed by atoms with Crippen LogP contribution in [0.5, 0.6) is 0 Å². The highest BCUT2D eigenvalue weighted by atomic mass is 79.9. The number of aryl methyl sites for hydroxylation is 1. The Kier molecular flexibility index (Phi) is 7.77. The minimum atomic E-state index is -0.700. The first-order chi connectivity index (χ1) is 9.93. The minimum absolute atomic E-state index is 0.138. The normalized spacial score (nSPS) is 11.8. The maximum absolute atomic E-state index is 11.8. The molecule has 1 unspecified atom stereocenters. The van der Waals surface area contributed by atoms with Gasteiger partial charge in [0.1, 0.15) is 6.04 Å². The average Bonchev–Trinajstić information content (AvgIpc) is 2.42. The lowest BCUT2D eigenvalue weighted by Crippen LogP contribution is -2.35. The van der Waals surface area contributed by atoms with E-state index in [1.54, 1.807) is 6.92 Å². The molecule has 0 spiro atoms. The topological polar surface area (TPSA) is 81.4 Å². The molecule has 0 fully saturated rings. The smallest absolute Gasteiger partial charge is 0.323 e. The van der Waals surface area contributed by atoms with Crippen molar-refractivity contribution in [3.8, 4) is 0 Å². The highest BCUT2D eigenvalue weighted by Gasteiger charge is 2.15. The fraction of sp³-hybridized carbons (Fsp3) is 0.429. The van der Waals surface area contributed by atoms with E-state index in [1.807, 2.05) is 25.1 Å². The largest absolute Gasteiger partial charge is 0.465 e. The lowest BCUT2D eigenvalue weighted by Gasteiger charge is -2.11. The molecule has 1 amide bonds. The van der Waals surface area contributed by atoms with E-state index in [4.69, 9.17) is 10.5 Å². The van der Waals surface area contributed by atoms with Crippen molar-refractivity contribution < 1.29 is 14.3 Å². The third kappa shape index (κ3) is 6.50. The Morgan fingerprint density at radius 2 is 2.19 bits per heavy atom. The summed E-state index contributed by atoms with van der Waals surface area (Å²) in [7, 11) is 0. The maximum atomic E-state index is 11.8. The number of nitrogens with two attached hydrogens (primary N) is 1. The van der Waals surface area contributed by atoms with Gasteiger partial charge in [-0.15, -0.1) is 11.8 Å². The number of anilines is 1. The van der Waals surface area contributed by atoms with Gasteiger partial charge >= 0.3 is 5.97 Å². The number of carbonyl (C=O) groups excluding carboxylic acids is 2. The number of nitrogens with one attached hydrogen (secondary N) is 1. The van der Waals surface area contributed by atoms with Gasteiger partial charge < -0.3 is 15.8 Å². The highest BCUT2D eigenvalue weighted by Crippen LogP contribution is 2.23. The molecule has 1 aromatic carbocycles. The average molecular weight is 375 g/mol. The van der Waals surface area contributed by atoms with Crippen LogP contribution in [0.25, 0.3) is 0 Å². The molecule has 0 radical (unpaired) electrons. The first kappa shape index (κ1) is 18.0. The van der Waals surface area contributed by atoms with E-state index in [-0.39, 0.29) is 11.7 Å². The molecule has 0 bridgehead atoms. The van der Waals surface area contributed by atoms with Crippen LogP contribution in [0.1, 0.15) is 12.5 Å². The number of thioether (sulfide) groups is 1. The standard InChI is InChI=1S/C14H19BrN2O3S/c1-3-20-14(19)11(16)7-21-8-13(18)17-12-5-4-9(2)6-10(12)15/h4-6,11H,3,7-8,16H2,1-2H3,(H,17,18). The Labute approximate surface area is 137 Å². The zero-order valence-electron chi connectivity index (χ0n) is 12.0. The molecule has 0 aliphatic carbocycles. The molecule has 21 heavy (non-hydrogen) atoms. The number of carbonyl (C=O) groups is 2. The number of hydrogen-bond donors (Lipinski definition) is 2. The number of benzene rings is 1. The van der Waals surface area contributed by atoms with E-state index in [1.165, 1.54) is 11.8 Å². The van der Waals surface area contributed by atoms with Gasteiger partial charge in [0, 0.05) is 10.2 Å². The molecule has 0 saturated carbocycles. The quantitative estimate of drug-likeness (QED) is 0.715. The Balaban J connectivity index is 2.36. The molecular weight excluding hydrogens is 356 g/mol. The zero-order chi connectivity index (χ0) is 15.8. The van der Waals surface area contributed by atoms with Crippen LogP contribution in [-0.4, -0.2) is 36.0 Å². The summed E-state index contributed by atoms with van der Waals surface area (Å²) in [6.45, 7) is 4.01. The van der Waals surface area contributed by atoms with Crippen molar-refractivity contribution in [3.05, 3.63) is 28.2 Å². The van der Waals surface area contributed by atoms with Gasteiger partial charge in [0.2, 0.25) is 5.91 Å². The van der Waals surface area contributed by atoms with Crippen LogP contribution in [0, 0.1) is 6.92 Å². The van der Waals surface area contributed by atoms with Crippen LogP contribution in [0.3, 0.4) is 0 Å². The summed E-state index contributed by atoms with van der Waals surface area (Å²) in [5, 5.41) is 2.80. The molecular formula is C14H19BrN2O3S. The Bertz CT molecular complexity index is 511. The molecule has 0 aliphatic heterocycles. The lowest BCUT2D eigenvalue weighted by molar-refractivity contribution is -0.144. The van der Waals surface area contributed by atoms with E-state index in [0.717, 1.165) is 15.7 Å². The van der Waals surface area contributed by atoms with Crippen LogP contribution in [-0.2, 0) is 14.3 Å². The molecule has 1 aromatic rings. The number of ether oxygens (including phenoxy) is 1. The number of rotatable bonds is 7. The molecule has 1 rings (SSSR count). The predicted molar refractivity (Wildman–Crippen MR) is 89.4 cm³/mol. The van der Waals surface area contributed by atoms with Crippen molar-refractivity contribution >= 4 is 45.3 Å². The van der Waals surface area contributed by atoms with Crippen LogP contribution in [0.2, 0.25) is 0 Å². The highest BCUT2D eigenvalue weighted by molar-refractivity contribution is 9.10. The van der Waals surface area contributed by atoms with Crippen LogP contribution >= 0.6 is 27.7 Å². The van der Waals surface area contributed by atoms with Crippen LogP contribution < -0.4 is 11.1 Å². The number of hydrogen-bond acceptors (Lipinski definition) is 5. The summed E-state index contributed by atoms with van der Waals surface area (Å²) in [6.07, 6.45) is 0. The molecule has 116 valence electrons. The van der Waals surface area contributed by atoms with Gasteiger partial charge in [-0.05, 0) is 47.5 Å². The molecule has 1 atom stereocenters. The van der Waals surface area contributed by atoms with Gasteiger partial charge in [-0.1, -0.05) is 6.07 Å². The SMILES string of the molecule is CCOC(=O)C(N)CSCC(=O)Nc1ccc(C)cc1Br. The Morgan fingerprint density at radius 3 is 2.81 bits per heavy atom. The molecule has 7 heteroatoms. The van der Waals surface area contributed by atoms with Crippen LogP contribution in [0.15, 0.2) is 22.7 Å². The molecule has 0 heterocycles. The molecule has 0 aromatic heterocycles. The van der Waals surface area contributed by atoms with Gasteiger partial charge in [-0.25, -0.2) is 0 Å². The van der Waals surface area contributed by atoms with Crippen molar-refractivity contribution in [1.82, 2.24) is 0 Å². The van der Waals surface area contributed by atoms with Crippen molar-refractivity contribution in [2.75, 3.05) is 23.4 Å². The van der Waals surface area contributed by atoms with Crippen molar-refractivity contribution in [3.63, 3.8) is 0 Å². The summed E-state index contributed by atoms with van der Waals surface area (Å²) in [5.74, 6) is 0.00154. The first-order valence-electron chi connectivity index (χ1n) is 6.50. The van der Waals surface area contributed by atoms with E-state index < -0.39 is 12.0 Å². The molecule has 3 N–H and O–H groups in total. The van der Waals surface area contributed by atoms with E-state index in [0.29, 0.717) is 12.4 Å². The first-order valence-corrected chi connectivity index (χ1v) is 8.44. The molecule has 0 saturated heterocycles. The summed E-state index contributed by atoms with van der Waals surface area (Å²) in [5.41, 5.74) is 7.48. The minimum Gasteiger partial charge on any atom is -0.465 e. The molecule has 5 nitrogen and oxygen atoms in total. The number of amides is 1. The monoisotopic (exact) mass is 374 g/mol. The van der Waals surface area contributed by atoms with E-state index in [9.17, 15) is 9.59 Å².